The quantitative estimate of drug-likeness (QED) is 0.471. The van der Waals surface area contributed by atoms with Crippen LogP contribution >= 0.6 is 11.3 Å². The molecule has 2 fully saturated rings. The third kappa shape index (κ3) is 5.59. The van der Waals surface area contributed by atoms with Gasteiger partial charge in [0.2, 0.25) is 0 Å². The van der Waals surface area contributed by atoms with E-state index < -0.39 is 0 Å². The highest BCUT2D eigenvalue weighted by atomic mass is 32.1. The lowest BCUT2D eigenvalue weighted by Crippen LogP contribution is -2.52. The van der Waals surface area contributed by atoms with Crippen molar-refractivity contribution in [3.8, 4) is 0 Å². The summed E-state index contributed by atoms with van der Waals surface area (Å²) in [7, 11) is 1.89. The van der Waals surface area contributed by atoms with E-state index in [1.807, 2.05) is 18.4 Å². The number of hydrogen-bond acceptors (Lipinski definition) is 5. The van der Waals surface area contributed by atoms with E-state index in [0.29, 0.717) is 0 Å². The number of unbranched alkanes of at least 4 members (excludes halogenated alkanes) is 1. The highest BCUT2D eigenvalue weighted by Crippen LogP contribution is 2.22. The molecule has 1 aromatic heterocycles. The van der Waals surface area contributed by atoms with Crippen molar-refractivity contribution >= 4 is 22.3 Å². The molecule has 0 saturated carbocycles. The van der Waals surface area contributed by atoms with Gasteiger partial charge in [-0.2, -0.15) is 0 Å². The number of anilines is 1. The first-order valence-corrected chi connectivity index (χ1v) is 10.3. The lowest BCUT2D eigenvalue weighted by molar-refractivity contribution is 0.0372. The summed E-state index contributed by atoms with van der Waals surface area (Å²) in [5, 5.41) is 7.08. The van der Waals surface area contributed by atoms with Crippen molar-refractivity contribution in [2.75, 3.05) is 77.5 Å². The fourth-order valence-corrected chi connectivity index (χ4v) is 4.19. The summed E-state index contributed by atoms with van der Waals surface area (Å²) in [5.74, 6) is 1.05. The van der Waals surface area contributed by atoms with Gasteiger partial charge in [-0.1, -0.05) is 0 Å². The zero-order valence-electron chi connectivity index (χ0n) is 15.3. The summed E-state index contributed by atoms with van der Waals surface area (Å²) in [6.07, 6.45) is 2.42. The van der Waals surface area contributed by atoms with Gasteiger partial charge < -0.3 is 19.9 Å². The van der Waals surface area contributed by atoms with Crippen LogP contribution < -0.4 is 10.2 Å². The Morgan fingerprint density at radius 1 is 1.16 bits per heavy atom. The van der Waals surface area contributed by atoms with Gasteiger partial charge in [0.05, 0.1) is 18.2 Å². The summed E-state index contributed by atoms with van der Waals surface area (Å²) in [6.45, 7) is 10.3. The molecule has 2 aliphatic heterocycles. The molecule has 2 saturated heterocycles. The van der Waals surface area contributed by atoms with E-state index in [1.54, 1.807) is 0 Å². The third-order valence-corrected chi connectivity index (χ3v) is 5.83. The molecular weight excluding hydrogens is 334 g/mol. The molecule has 6 nitrogen and oxygen atoms in total. The van der Waals surface area contributed by atoms with Crippen molar-refractivity contribution in [3.63, 3.8) is 0 Å². The van der Waals surface area contributed by atoms with Gasteiger partial charge in [-0.25, -0.2) is 0 Å². The van der Waals surface area contributed by atoms with Crippen molar-refractivity contribution in [3.05, 3.63) is 17.5 Å². The Bertz CT molecular complexity index is 508. The van der Waals surface area contributed by atoms with Gasteiger partial charge in [0.15, 0.2) is 5.96 Å². The van der Waals surface area contributed by atoms with E-state index in [-0.39, 0.29) is 0 Å². The summed E-state index contributed by atoms with van der Waals surface area (Å²) in [6, 6.07) is 4.34. The number of nitrogens with zero attached hydrogens (tertiary/aromatic N) is 4. The SMILES string of the molecule is CN=C(NCCCCN1CCOCC1)N1CCN(c2cccs2)CC1. The molecule has 0 unspecified atom stereocenters. The summed E-state index contributed by atoms with van der Waals surface area (Å²) in [5.41, 5.74) is 0. The molecule has 2 aliphatic rings. The minimum Gasteiger partial charge on any atom is -0.379 e. The van der Waals surface area contributed by atoms with Crippen LogP contribution in [0.4, 0.5) is 5.00 Å². The minimum absolute atomic E-state index is 0.891. The Morgan fingerprint density at radius 2 is 1.96 bits per heavy atom. The van der Waals surface area contributed by atoms with Crippen molar-refractivity contribution < 1.29 is 4.74 Å². The van der Waals surface area contributed by atoms with E-state index in [9.17, 15) is 0 Å². The van der Waals surface area contributed by atoms with Gasteiger partial charge in [0.25, 0.3) is 0 Å². The first kappa shape index (κ1) is 18.5. The van der Waals surface area contributed by atoms with Crippen molar-refractivity contribution in [2.45, 2.75) is 12.8 Å². The second-order valence-electron chi connectivity index (χ2n) is 6.56. The van der Waals surface area contributed by atoms with Crippen LogP contribution in [-0.2, 0) is 4.74 Å². The molecule has 7 heteroatoms. The molecule has 0 aliphatic carbocycles. The van der Waals surface area contributed by atoms with Crippen LogP contribution in [0.1, 0.15) is 12.8 Å². The van der Waals surface area contributed by atoms with Gasteiger partial charge in [0, 0.05) is 52.9 Å². The van der Waals surface area contributed by atoms with E-state index >= 15 is 0 Å². The summed E-state index contributed by atoms with van der Waals surface area (Å²) in [4.78, 5) is 11.8. The Morgan fingerprint density at radius 3 is 2.64 bits per heavy atom. The number of ether oxygens (including phenoxy) is 1. The van der Waals surface area contributed by atoms with Crippen LogP contribution in [0.5, 0.6) is 0 Å². The highest BCUT2D eigenvalue weighted by molar-refractivity contribution is 7.14. The number of thiophene rings is 1. The Hall–Kier alpha value is -1.31. The van der Waals surface area contributed by atoms with Crippen LogP contribution in [0.25, 0.3) is 0 Å². The lowest BCUT2D eigenvalue weighted by Gasteiger charge is -2.37. The fraction of sp³-hybridized carbons (Fsp3) is 0.722. The van der Waals surface area contributed by atoms with E-state index in [2.05, 4.69) is 42.5 Å². The maximum Gasteiger partial charge on any atom is 0.193 e. The molecule has 0 atom stereocenters. The molecule has 25 heavy (non-hydrogen) atoms. The Labute approximate surface area is 155 Å². The first-order valence-electron chi connectivity index (χ1n) is 9.41. The topological polar surface area (TPSA) is 43.3 Å². The smallest absolute Gasteiger partial charge is 0.193 e. The zero-order valence-corrected chi connectivity index (χ0v) is 16.1. The predicted octanol–water partition coefficient (Wildman–Crippen LogP) is 1.56. The van der Waals surface area contributed by atoms with Gasteiger partial charge >= 0.3 is 0 Å². The maximum absolute atomic E-state index is 5.39. The molecule has 0 amide bonds. The van der Waals surface area contributed by atoms with Crippen molar-refractivity contribution in [2.24, 2.45) is 4.99 Å². The summed E-state index contributed by atoms with van der Waals surface area (Å²) >= 11 is 1.83. The van der Waals surface area contributed by atoms with Crippen molar-refractivity contribution in [1.29, 1.82) is 0 Å². The van der Waals surface area contributed by atoms with Crippen LogP contribution in [0.3, 0.4) is 0 Å². The number of hydrogen-bond donors (Lipinski definition) is 1. The summed E-state index contributed by atoms with van der Waals surface area (Å²) < 4.78 is 5.39. The van der Waals surface area contributed by atoms with Gasteiger partial charge in [-0.3, -0.25) is 9.89 Å². The van der Waals surface area contributed by atoms with Crippen LogP contribution in [-0.4, -0.2) is 88.4 Å². The maximum atomic E-state index is 5.39. The fourth-order valence-electron chi connectivity index (χ4n) is 3.41. The monoisotopic (exact) mass is 365 g/mol. The molecule has 3 rings (SSSR count). The number of morpholine rings is 1. The normalized spacial score (nSPS) is 20.1. The van der Waals surface area contributed by atoms with Gasteiger partial charge in [0.1, 0.15) is 0 Å². The minimum atomic E-state index is 0.891. The first-order chi connectivity index (χ1) is 12.4. The number of piperazine rings is 1. The molecule has 0 spiro atoms. The van der Waals surface area contributed by atoms with Gasteiger partial charge in [-0.05, 0) is 36.9 Å². The number of rotatable bonds is 6. The van der Waals surface area contributed by atoms with Crippen molar-refractivity contribution in [1.82, 2.24) is 15.1 Å². The van der Waals surface area contributed by atoms with Gasteiger partial charge in [-0.15, -0.1) is 11.3 Å². The molecule has 140 valence electrons. The molecule has 3 heterocycles. The average molecular weight is 366 g/mol. The second-order valence-corrected chi connectivity index (χ2v) is 7.49. The molecule has 1 aromatic rings. The molecular formula is C18H31N5OS. The number of nitrogens with one attached hydrogen (secondary N) is 1. The van der Waals surface area contributed by atoms with Crippen LogP contribution in [0.15, 0.2) is 22.5 Å². The Balaban J connectivity index is 1.31. The second kappa shape index (κ2) is 9.99. The largest absolute Gasteiger partial charge is 0.379 e. The highest BCUT2D eigenvalue weighted by Gasteiger charge is 2.20. The number of aliphatic imine (C=N–C) groups is 1. The average Bonchev–Trinajstić information content (AvgIpc) is 3.21. The molecule has 1 N–H and O–H groups in total. The Kier molecular flexibility index (Phi) is 7.38. The molecule has 0 aromatic carbocycles. The standard InChI is InChI=1S/C18H31N5OS/c1-19-18(20-6-2-3-7-21-12-14-24-15-13-21)23-10-8-22(9-11-23)17-5-4-16-25-17/h4-5,16H,2-3,6-15H2,1H3,(H,19,20). The van der Waals surface area contributed by atoms with E-state index in [4.69, 9.17) is 4.74 Å². The van der Waals surface area contributed by atoms with E-state index in [0.717, 1.165) is 65.0 Å². The number of guanidine groups is 1. The third-order valence-electron chi connectivity index (χ3n) is 4.90. The molecule has 0 radical (unpaired) electrons. The molecule has 0 bridgehead atoms. The van der Waals surface area contributed by atoms with E-state index in [1.165, 1.54) is 24.4 Å². The van der Waals surface area contributed by atoms with Crippen LogP contribution in [0.2, 0.25) is 0 Å². The zero-order chi connectivity index (χ0) is 17.3. The lowest BCUT2D eigenvalue weighted by atomic mass is 10.2. The predicted molar refractivity (Wildman–Crippen MR) is 106 cm³/mol. The van der Waals surface area contributed by atoms with Crippen LogP contribution in [0, 0.1) is 0 Å².